The molecule has 2 N–H and O–H groups in total. The lowest BCUT2D eigenvalue weighted by Crippen LogP contribution is -2.23. The van der Waals surface area contributed by atoms with Gasteiger partial charge in [0.1, 0.15) is 0 Å². The standard InChI is InChI=1S/C27H28N2O2S/c1-4-22-13-8-10-19(2)26(22)29-27(31)20(3)32-24-15-9-14-23(18-24)28-25(30)17-16-21-11-6-5-7-12-21/h5-18,20H,4H2,1-3H3,(H,28,30)(H,29,31)/b17-16+. The van der Waals surface area contributed by atoms with Gasteiger partial charge in [-0.2, -0.15) is 0 Å². The maximum Gasteiger partial charge on any atom is 0.248 e. The lowest BCUT2D eigenvalue weighted by Gasteiger charge is -2.16. The lowest BCUT2D eigenvalue weighted by atomic mass is 10.1. The van der Waals surface area contributed by atoms with E-state index in [4.69, 9.17) is 0 Å². The van der Waals surface area contributed by atoms with Crippen LogP contribution in [0.4, 0.5) is 11.4 Å². The molecule has 0 saturated carbocycles. The number of hydrogen-bond acceptors (Lipinski definition) is 3. The number of carbonyl (C=O) groups excluding carboxylic acids is 2. The summed E-state index contributed by atoms with van der Waals surface area (Å²) in [5.41, 5.74) is 4.75. The summed E-state index contributed by atoms with van der Waals surface area (Å²) >= 11 is 1.46. The van der Waals surface area contributed by atoms with Gasteiger partial charge >= 0.3 is 0 Å². The highest BCUT2D eigenvalue weighted by Gasteiger charge is 2.17. The Morgan fingerprint density at radius 2 is 1.72 bits per heavy atom. The third-order valence-electron chi connectivity index (χ3n) is 5.00. The topological polar surface area (TPSA) is 58.2 Å². The minimum absolute atomic E-state index is 0.0424. The second-order valence-corrected chi connectivity index (χ2v) is 8.89. The fourth-order valence-corrected chi connectivity index (χ4v) is 4.18. The van der Waals surface area contributed by atoms with Crippen molar-refractivity contribution in [2.45, 2.75) is 37.3 Å². The van der Waals surface area contributed by atoms with Gasteiger partial charge in [-0.3, -0.25) is 9.59 Å². The number of benzene rings is 3. The average molecular weight is 445 g/mol. The predicted molar refractivity (Wildman–Crippen MR) is 135 cm³/mol. The van der Waals surface area contributed by atoms with Gasteiger partial charge in [-0.05, 0) is 61.2 Å². The molecule has 1 atom stereocenters. The summed E-state index contributed by atoms with van der Waals surface area (Å²) < 4.78 is 0. The molecule has 0 aliphatic rings. The largest absolute Gasteiger partial charge is 0.325 e. The molecule has 32 heavy (non-hydrogen) atoms. The zero-order chi connectivity index (χ0) is 22.9. The first-order valence-electron chi connectivity index (χ1n) is 10.7. The Hall–Kier alpha value is -3.31. The average Bonchev–Trinajstić information content (AvgIpc) is 2.80. The Morgan fingerprint density at radius 1 is 0.969 bits per heavy atom. The van der Waals surface area contributed by atoms with E-state index in [1.807, 2.05) is 86.6 Å². The molecule has 1 unspecified atom stereocenters. The number of rotatable bonds is 8. The van der Waals surface area contributed by atoms with Gasteiger partial charge in [0, 0.05) is 22.3 Å². The first kappa shape index (κ1) is 23.4. The molecule has 0 fully saturated rings. The molecule has 3 rings (SSSR count). The van der Waals surface area contributed by atoms with E-state index in [0.717, 1.165) is 33.7 Å². The fourth-order valence-electron chi connectivity index (χ4n) is 3.25. The molecule has 0 aliphatic carbocycles. The normalized spacial score (nSPS) is 11.8. The van der Waals surface area contributed by atoms with Crippen molar-refractivity contribution in [1.82, 2.24) is 0 Å². The third-order valence-corrected chi connectivity index (χ3v) is 6.09. The van der Waals surface area contributed by atoms with Crippen molar-refractivity contribution in [2.75, 3.05) is 10.6 Å². The number of amides is 2. The lowest BCUT2D eigenvalue weighted by molar-refractivity contribution is -0.115. The number of aryl methyl sites for hydroxylation is 2. The minimum atomic E-state index is -0.289. The number of thioether (sulfide) groups is 1. The van der Waals surface area contributed by atoms with Crippen LogP contribution in [-0.4, -0.2) is 17.1 Å². The van der Waals surface area contributed by atoms with Crippen LogP contribution in [0, 0.1) is 6.92 Å². The van der Waals surface area contributed by atoms with Crippen molar-refractivity contribution >= 4 is 41.0 Å². The summed E-state index contributed by atoms with van der Waals surface area (Å²) in [5.74, 6) is -0.243. The van der Waals surface area contributed by atoms with Crippen molar-refractivity contribution in [3.63, 3.8) is 0 Å². The van der Waals surface area contributed by atoms with Crippen molar-refractivity contribution in [2.24, 2.45) is 0 Å². The van der Waals surface area contributed by atoms with Crippen molar-refractivity contribution in [3.8, 4) is 0 Å². The van der Waals surface area contributed by atoms with E-state index in [1.54, 1.807) is 6.08 Å². The number of nitrogens with one attached hydrogen (secondary N) is 2. The van der Waals surface area contributed by atoms with Gasteiger partial charge in [-0.1, -0.05) is 61.5 Å². The molecule has 2 amide bonds. The van der Waals surface area contributed by atoms with Crippen LogP contribution < -0.4 is 10.6 Å². The molecule has 0 radical (unpaired) electrons. The van der Waals surface area contributed by atoms with Crippen molar-refractivity contribution in [1.29, 1.82) is 0 Å². The van der Waals surface area contributed by atoms with Gasteiger partial charge in [-0.25, -0.2) is 0 Å². The molecule has 0 bridgehead atoms. The van der Waals surface area contributed by atoms with Gasteiger partial charge in [0.05, 0.1) is 5.25 Å². The van der Waals surface area contributed by atoms with Crippen LogP contribution in [0.2, 0.25) is 0 Å². The summed E-state index contributed by atoms with van der Waals surface area (Å²) in [7, 11) is 0. The summed E-state index contributed by atoms with van der Waals surface area (Å²) in [5, 5.41) is 5.68. The monoisotopic (exact) mass is 444 g/mol. The molecule has 0 aliphatic heterocycles. The van der Waals surface area contributed by atoms with E-state index < -0.39 is 0 Å². The van der Waals surface area contributed by atoms with Crippen LogP contribution in [0.15, 0.2) is 83.8 Å². The van der Waals surface area contributed by atoms with Crippen LogP contribution in [-0.2, 0) is 16.0 Å². The Kier molecular flexibility index (Phi) is 8.28. The van der Waals surface area contributed by atoms with Gasteiger partial charge < -0.3 is 10.6 Å². The Balaban J connectivity index is 1.61. The molecule has 5 heteroatoms. The van der Waals surface area contributed by atoms with E-state index in [2.05, 4.69) is 17.6 Å². The van der Waals surface area contributed by atoms with Gasteiger partial charge in [0.2, 0.25) is 11.8 Å². The van der Waals surface area contributed by atoms with Crippen LogP contribution >= 0.6 is 11.8 Å². The molecule has 0 heterocycles. The second-order valence-electron chi connectivity index (χ2n) is 7.47. The Bertz CT molecular complexity index is 1110. The van der Waals surface area contributed by atoms with Gasteiger partial charge in [0.15, 0.2) is 0 Å². The first-order valence-corrected chi connectivity index (χ1v) is 11.5. The summed E-state index contributed by atoms with van der Waals surface area (Å²) in [4.78, 5) is 26.0. The van der Waals surface area contributed by atoms with Gasteiger partial charge in [0.25, 0.3) is 0 Å². The highest BCUT2D eigenvalue weighted by atomic mass is 32.2. The van der Waals surface area contributed by atoms with Crippen molar-refractivity contribution in [3.05, 3.63) is 95.6 Å². The number of carbonyl (C=O) groups is 2. The summed E-state index contributed by atoms with van der Waals surface area (Å²) in [6.07, 6.45) is 4.15. The van der Waals surface area contributed by atoms with Crippen molar-refractivity contribution < 1.29 is 9.59 Å². The molecule has 0 spiro atoms. The smallest absolute Gasteiger partial charge is 0.248 e. The molecule has 0 aromatic heterocycles. The first-order chi connectivity index (χ1) is 15.5. The van der Waals surface area contributed by atoms with Crippen LogP contribution in [0.1, 0.15) is 30.5 Å². The fraction of sp³-hybridized carbons (Fsp3) is 0.185. The molecule has 3 aromatic rings. The molecule has 0 saturated heterocycles. The zero-order valence-electron chi connectivity index (χ0n) is 18.6. The van der Waals surface area contributed by atoms with Gasteiger partial charge in [-0.15, -0.1) is 11.8 Å². The number of para-hydroxylation sites is 1. The number of hydrogen-bond donors (Lipinski definition) is 2. The predicted octanol–water partition coefficient (Wildman–Crippen LogP) is 6.33. The summed E-state index contributed by atoms with van der Waals surface area (Å²) in [6.45, 7) is 5.97. The van der Waals surface area contributed by atoms with Crippen LogP contribution in [0.5, 0.6) is 0 Å². The Labute approximate surface area is 194 Å². The van der Waals surface area contributed by atoms with E-state index in [1.165, 1.54) is 17.8 Å². The highest BCUT2D eigenvalue weighted by Crippen LogP contribution is 2.28. The number of anilines is 2. The highest BCUT2D eigenvalue weighted by molar-refractivity contribution is 8.00. The van der Waals surface area contributed by atoms with Crippen LogP contribution in [0.3, 0.4) is 0 Å². The molecular formula is C27H28N2O2S. The quantitative estimate of drug-likeness (QED) is 0.315. The van der Waals surface area contributed by atoms with Crippen LogP contribution in [0.25, 0.3) is 6.08 Å². The van der Waals surface area contributed by atoms with E-state index in [0.29, 0.717) is 5.69 Å². The Morgan fingerprint density at radius 3 is 2.47 bits per heavy atom. The summed E-state index contributed by atoms with van der Waals surface area (Å²) in [6, 6.07) is 23.3. The van der Waals surface area contributed by atoms with E-state index in [-0.39, 0.29) is 17.1 Å². The maximum atomic E-state index is 12.8. The van der Waals surface area contributed by atoms with E-state index >= 15 is 0 Å². The SMILES string of the molecule is CCc1cccc(C)c1NC(=O)C(C)Sc1cccc(NC(=O)/C=C/c2ccccc2)c1. The minimum Gasteiger partial charge on any atom is -0.325 e. The third kappa shape index (κ3) is 6.59. The molecule has 3 aromatic carbocycles. The molecule has 164 valence electrons. The zero-order valence-corrected chi connectivity index (χ0v) is 19.4. The maximum absolute atomic E-state index is 12.8. The second kappa shape index (κ2) is 11.3. The molecule has 4 nitrogen and oxygen atoms in total. The van der Waals surface area contributed by atoms with E-state index in [9.17, 15) is 9.59 Å². The molecular weight excluding hydrogens is 416 g/mol.